The van der Waals surface area contributed by atoms with Gasteiger partial charge in [-0.05, 0) is 34.2 Å². The van der Waals surface area contributed by atoms with E-state index in [1.165, 1.54) is 12.1 Å². The molecule has 2 rings (SSSR count). The Balaban J connectivity index is 2.13. The summed E-state index contributed by atoms with van der Waals surface area (Å²) in [6.45, 7) is 0.387. The Kier molecular flexibility index (Phi) is 4.67. The molecule has 5 nitrogen and oxygen atoms in total. The third kappa shape index (κ3) is 3.53. The van der Waals surface area contributed by atoms with Gasteiger partial charge >= 0.3 is 0 Å². The van der Waals surface area contributed by atoms with Crippen molar-refractivity contribution in [3.8, 4) is 0 Å². The quantitative estimate of drug-likeness (QED) is 0.502. The van der Waals surface area contributed by atoms with Crippen molar-refractivity contribution in [2.75, 3.05) is 0 Å². The molecular formula is C14H11IN2O3. The number of nitrogens with zero attached hydrogens (tertiary/aromatic N) is 1. The Morgan fingerprint density at radius 3 is 2.55 bits per heavy atom. The SMILES string of the molecule is O=C(NCc1ccccc1)c1cc([N+](=O)[O-])ccc1I. The number of hydrogen-bond acceptors (Lipinski definition) is 3. The first-order valence-corrected chi connectivity index (χ1v) is 6.92. The van der Waals surface area contributed by atoms with Gasteiger partial charge in [0, 0.05) is 22.2 Å². The number of hydrogen-bond donors (Lipinski definition) is 1. The maximum atomic E-state index is 12.1. The Hall–Kier alpha value is -1.96. The molecule has 0 unspecified atom stereocenters. The first-order valence-electron chi connectivity index (χ1n) is 5.84. The summed E-state index contributed by atoms with van der Waals surface area (Å²) < 4.78 is 0.679. The Morgan fingerprint density at radius 2 is 1.90 bits per heavy atom. The van der Waals surface area contributed by atoms with E-state index >= 15 is 0 Å². The molecule has 1 N–H and O–H groups in total. The minimum Gasteiger partial charge on any atom is -0.348 e. The van der Waals surface area contributed by atoms with Crippen LogP contribution in [0.4, 0.5) is 5.69 Å². The summed E-state index contributed by atoms with van der Waals surface area (Å²) in [5.41, 5.74) is 1.20. The number of non-ortho nitro benzene ring substituents is 1. The first kappa shape index (κ1) is 14.4. The van der Waals surface area contributed by atoms with Gasteiger partial charge in [-0.15, -0.1) is 0 Å². The van der Waals surface area contributed by atoms with Gasteiger partial charge in [-0.3, -0.25) is 14.9 Å². The molecule has 1 amide bonds. The lowest BCUT2D eigenvalue weighted by Gasteiger charge is -2.07. The Morgan fingerprint density at radius 1 is 1.20 bits per heavy atom. The van der Waals surface area contributed by atoms with E-state index in [0.717, 1.165) is 5.56 Å². The Bertz CT molecular complexity index is 644. The van der Waals surface area contributed by atoms with Gasteiger partial charge < -0.3 is 5.32 Å². The van der Waals surface area contributed by atoms with Gasteiger partial charge in [0.25, 0.3) is 11.6 Å². The molecule has 0 saturated heterocycles. The molecule has 6 heteroatoms. The molecular weight excluding hydrogens is 371 g/mol. The molecule has 0 atom stereocenters. The average Bonchev–Trinajstić information content (AvgIpc) is 2.46. The maximum absolute atomic E-state index is 12.1. The summed E-state index contributed by atoms with van der Waals surface area (Å²) in [4.78, 5) is 22.3. The summed E-state index contributed by atoms with van der Waals surface area (Å²) in [7, 11) is 0. The van der Waals surface area contributed by atoms with E-state index in [1.807, 2.05) is 52.9 Å². The van der Waals surface area contributed by atoms with Gasteiger partial charge in [0.05, 0.1) is 10.5 Å². The second kappa shape index (κ2) is 6.47. The second-order valence-corrected chi connectivity index (χ2v) is 5.25. The highest BCUT2D eigenvalue weighted by atomic mass is 127. The highest BCUT2D eigenvalue weighted by molar-refractivity contribution is 14.1. The zero-order valence-electron chi connectivity index (χ0n) is 10.4. The number of carbonyl (C=O) groups excluding carboxylic acids is 1. The maximum Gasteiger partial charge on any atom is 0.270 e. The smallest absolute Gasteiger partial charge is 0.270 e. The lowest BCUT2D eigenvalue weighted by atomic mass is 10.1. The van der Waals surface area contributed by atoms with Crippen molar-refractivity contribution >= 4 is 34.2 Å². The standard InChI is InChI=1S/C14H11IN2O3/c15-13-7-6-11(17(19)20)8-12(13)14(18)16-9-10-4-2-1-3-5-10/h1-8H,9H2,(H,16,18). The van der Waals surface area contributed by atoms with Gasteiger partial charge in [-0.1, -0.05) is 30.3 Å². The van der Waals surface area contributed by atoms with Crippen LogP contribution in [0, 0.1) is 13.7 Å². The number of nitro benzene ring substituents is 1. The van der Waals surface area contributed by atoms with Crippen molar-refractivity contribution in [3.05, 3.63) is 73.3 Å². The van der Waals surface area contributed by atoms with Crippen LogP contribution in [0.25, 0.3) is 0 Å². The minimum absolute atomic E-state index is 0.0877. The van der Waals surface area contributed by atoms with Crippen LogP contribution >= 0.6 is 22.6 Å². The summed E-state index contributed by atoms with van der Waals surface area (Å²) in [6, 6.07) is 13.7. The third-order valence-corrected chi connectivity index (χ3v) is 3.64. The second-order valence-electron chi connectivity index (χ2n) is 4.09. The van der Waals surface area contributed by atoms with Gasteiger partial charge in [0.15, 0.2) is 0 Å². The van der Waals surface area contributed by atoms with Gasteiger partial charge in [-0.25, -0.2) is 0 Å². The van der Waals surface area contributed by atoms with Crippen LogP contribution in [0.5, 0.6) is 0 Å². The van der Waals surface area contributed by atoms with Crippen molar-refractivity contribution in [1.29, 1.82) is 0 Å². The van der Waals surface area contributed by atoms with Gasteiger partial charge in [0.1, 0.15) is 0 Å². The van der Waals surface area contributed by atoms with Gasteiger partial charge in [0.2, 0.25) is 0 Å². The van der Waals surface area contributed by atoms with Crippen molar-refractivity contribution < 1.29 is 9.72 Å². The highest BCUT2D eigenvalue weighted by Gasteiger charge is 2.15. The van der Waals surface area contributed by atoms with Crippen molar-refractivity contribution in [1.82, 2.24) is 5.32 Å². The fourth-order valence-electron chi connectivity index (χ4n) is 1.67. The topological polar surface area (TPSA) is 72.2 Å². The molecule has 0 aliphatic carbocycles. The molecule has 0 bridgehead atoms. The largest absolute Gasteiger partial charge is 0.348 e. The summed E-state index contributed by atoms with van der Waals surface area (Å²) in [6.07, 6.45) is 0. The number of nitrogens with one attached hydrogen (secondary N) is 1. The molecule has 0 fully saturated rings. The van der Waals surface area contributed by atoms with E-state index in [2.05, 4.69) is 5.32 Å². The van der Waals surface area contributed by atoms with Crippen LogP contribution in [0.15, 0.2) is 48.5 Å². The highest BCUT2D eigenvalue weighted by Crippen LogP contribution is 2.19. The zero-order chi connectivity index (χ0) is 14.5. The fraction of sp³-hybridized carbons (Fsp3) is 0.0714. The van der Waals surface area contributed by atoms with Crippen LogP contribution in [0.3, 0.4) is 0 Å². The number of rotatable bonds is 4. The molecule has 2 aromatic carbocycles. The fourth-order valence-corrected chi connectivity index (χ4v) is 2.25. The molecule has 0 aliphatic rings. The molecule has 0 aromatic heterocycles. The monoisotopic (exact) mass is 382 g/mol. The van der Waals surface area contributed by atoms with Gasteiger partial charge in [-0.2, -0.15) is 0 Å². The molecule has 0 spiro atoms. The molecule has 0 radical (unpaired) electrons. The van der Waals surface area contributed by atoms with E-state index in [0.29, 0.717) is 15.7 Å². The lowest BCUT2D eigenvalue weighted by molar-refractivity contribution is -0.384. The van der Waals surface area contributed by atoms with Crippen molar-refractivity contribution in [3.63, 3.8) is 0 Å². The van der Waals surface area contributed by atoms with Crippen LogP contribution in [0.1, 0.15) is 15.9 Å². The predicted molar refractivity (Wildman–Crippen MR) is 83.4 cm³/mol. The summed E-state index contributed by atoms with van der Waals surface area (Å²) in [5.74, 6) is -0.318. The van der Waals surface area contributed by atoms with E-state index in [4.69, 9.17) is 0 Å². The van der Waals surface area contributed by atoms with Crippen LogP contribution < -0.4 is 5.32 Å². The third-order valence-electron chi connectivity index (χ3n) is 2.70. The first-order chi connectivity index (χ1) is 9.58. The summed E-state index contributed by atoms with van der Waals surface area (Å²) in [5, 5.41) is 13.5. The predicted octanol–water partition coefficient (Wildman–Crippen LogP) is 3.13. The molecule has 0 heterocycles. The van der Waals surface area contributed by atoms with Crippen LogP contribution in [0.2, 0.25) is 0 Å². The Labute approximate surface area is 129 Å². The van der Waals surface area contributed by atoms with E-state index in [-0.39, 0.29) is 11.6 Å². The number of amides is 1. The minimum atomic E-state index is -0.510. The van der Waals surface area contributed by atoms with Crippen molar-refractivity contribution in [2.24, 2.45) is 0 Å². The van der Waals surface area contributed by atoms with E-state index < -0.39 is 4.92 Å². The normalized spacial score (nSPS) is 10.1. The van der Waals surface area contributed by atoms with Crippen molar-refractivity contribution in [2.45, 2.75) is 6.54 Å². The number of carbonyl (C=O) groups is 1. The lowest BCUT2D eigenvalue weighted by Crippen LogP contribution is -2.23. The number of nitro groups is 1. The molecule has 102 valence electrons. The molecule has 2 aromatic rings. The summed E-state index contributed by atoms with van der Waals surface area (Å²) >= 11 is 1.99. The number of halogens is 1. The van der Waals surface area contributed by atoms with Crippen LogP contribution in [-0.2, 0) is 6.54 Å². The number of benzene rings is 2. The average molecular weight is 382 g/mol. The molecule has 0 aliphatic heterocycles. The molecule has 20 heavy (non-hydrogen) atoms. The zero-order valence-corrected chi connectivity index (χ0v) is 12.5. The van der Waals surface area contributed by atoms with E-state index in [9.17, 15) is 14.9 Å². The van der Waals surface area contributed by atoms with Crippen LogP contribution in [-0.4, -0.2) is 10.8 Å². The van der Waals surface area contributed by atoms with E-state index in [1.54, 1.807) is 6.07 Å². The molecule has 0 saturated carbocycles.